The van der Waals surface area contributed by atoms with Gasteiger partial charge in [0, 0.05) is 12.2 Å². The Labute approximate surface area is 117 Å². The average molecular weight is 269 g/mol. The smallest absolute Gasteiger partial charge is 0.335 e. The minimum Gasteiger partial charge on any atom is -0.478 e. The fourth-order valence-corrected chi connectivity index (χ4v) is 1.64. The van der Waals surface area contributed by atoms with Gasteiger partial charge in [0.05, 0.1) is 16.9 Å². The third-order valence-electron chi connectivity index (χ3n) is 2.64. The van der Waals surface area contributed by atoms with Crippen molar-refractivity contribution in [3.8, 4) is 0 Å². The predicted molar refractivity (Wildman–Crippen MR) is 78.2 cm³/mol. The molecule has 0 aliphatic carbocycles. The van der Waals surface area contributed by atoms with Crippen LogP contribution in [0.5, 0.6) is 0 Å². The summed E-state index contributed by atoms with van der Waals surface area (Å²) < 4.78 is 0. The zero-order chi connectivity index (χ0) is 14.4. The summed E-state index contributed by atoms with van der Waals surface area (Å²) >= 11 is 0. The first-order valence-electron chi connectivity index (χ1n) is 6.28. The van der Waals surface area contributed by atoms with Crippen LogP contribution in [-0.4, -0.2) is 17.6 Å². The van der Waals surface area contributed by atoms with Gasteiger partial charge in [-0.1, -0.05) is 0 Å². The van der Waals surface area contributed by atoms with Crippen molar-refractivity contribution in [3.63, 3.8) is 0 Å². The lowest BCUT2D eigenvalue weighted by Gasteiger charge is -2.01. The molecule has 20 heavy (non-hydrogen) atoms. The molecule has 0 heterocycles. The van der Waals surface area contributed by atoms with Crippen LogP contribution in [0.15, 0.2) is 58.8 Å². The summed E-state index contributed by atoms with van der Waals surface area (Å²) in [6.45, 7) is 2.91. The number of nitrogens with one attached hydrogen (secondary N) is 1. The maximum absolute atomic E-state index is 10.7. The molecule has 0 amide bonds. The fourth-order valence-electron chi connectivity index (χ4n) is 1.64. The number of nitrogens with zero attached hydrogens (tertiary/aromatic N) is 2. The summed E-state index contributed by atoms with van der Waals surface area (Å²) in [7, 11) is 0. The van der Waals surface area contributed by atoms with Gasteiger partial charge in [-0.05, 0) is 55.5 Å². The first kappa shape index (κ1) is 13.7. The van der Waals surface area contributed by atoms with E-state index < -0.39 is 5.97 Å². The van der Waals surface area contributed by atoms with E-state index in [1.807, 2.05) is 31.2 Å². The maximum Gasteiger partial charge on any atom is 0.335 e. The van der Waals surface area contributed by atoms with Crippen LogP contribution >= 0.6 is 0 Å². The van der Waals surface area contributed by atoms with Gasteiger partial charge in [-0.25, -0.2) is 4.79 Å². The first-order chi connectivity index (χ1) is 9.69. The van der Waals surface area contributed by atoms with Gasteiger partial charge in [0.2, 0.25) is 0 Å². The number of azo groups is 1. The molecule has 0 aliphatic heterocycles. The number of rotatable bonds is 5. The number of aromatic carboxylic acids is 1. The number of hydrogen-bond acceptors (Lipinski definition) is 4. The molecule has 0 spiro atoms. The monoisotopic (exact) mass is 269 g/mol. The highest BCUT2D eigenvalue weighted by Crippen LogP contribution is 2.20. The SMILES string of the molecule is CCNc1ccc(/N=N/c2ccc(C(=O)O)cc2)cc1. The van der Waals surface area contributed by atoms with Gasteiger partial charge in [0.15, 0.2) is 0 Å². The molecule has 0 fully saturated rings. The van der Waals surface area contributed by atoms with Crippen LogP contribution in [0.25, 0.3) is 0 Å². The molecule has 0 unspecified atom stereocenters. The van der Waals surface area contributed by atoms with Gasteiger partial charge >= 0.3 is 5.97 Å². The van der Waals surface area contributed by atoms with E-state index in [-0.39, 0.29) is 5.56 Å². The Kier molecular flexibility index (Phi) is 4.44. The third-order valence-corrected chi connectivity index (χ3v) is 2.64. The number of carboxylic acids is 1. The maximum atomic E-state index is 10.7. The largest absolute Gasteiger partial charge is 0.478 e. The predicted octanol–water partition coefficient (Wildman–Crippen LogP) is 4.23. The molecule has 0 aliphatic rings. The van der Waals surface area contributed by atoms with Gasteiger partial charge < -0.3 is 10.4 Å². The van der Waals surface area contributed by atoms with E-state index in [1.165, 1.54) is 12.1 Å². The van der Waals surface area contributed by atoms with Gasteiger partial charge in [-0.2, -0.15) is 10.2 Å². The van der Waals surface area contributed by atoms with Crippen molar-refractivity contribution in [3.05, 3.63) is 54.1 Å². The molecule has 2 N–H and O–H groups in total. The minimum atomic E-state index is -0.951. The van der Waals surface area contributed by atoms with Crippen molar-refractivity contribution in [2.75, 3.05) is 11.9 Å². The number of benzene rings is 2. The van der Waals surface area contributed by atoms with E-state index in [1.54, 1.807) is 12.1 Å². The van der Waals surface area contributed by atoms with Crippen LogP contribution in [-0.2, 0) is 0 Å². The summed E-state index contributed by atoms with van der Waals surface area (Å²) in [4.78, 5) is 10.7. The number of carbonyl (C=O) groups is 1. The van der Waals surface area contributed by atoms with Crippen LogP contribution in [0.3, 0.4) is 0 Å². The van der Waals surface area contributed by atoms with Crippen molar-refractivity contribution in [1.29, 1.82) is 0 Å². The summed E-state index contributed by atoms with van der Waals surface area (Å²) in [5.41, 5.74) is 2.64. The van der Waals surface area contributed by atoms with E-state index in [0.717, 1.165) is 17.9 Å². The molecule has 5 nitrogen and oxygen atoms in total. The van der Waals surface area contributed by atoms with Crippen LogP contribution < -0.4 is 5.32 Å². The van der Waals surface area contributed by atoms with Gasteiger partial charge in [-0.15, -0.1) is 0 Å². The Hall–Kier alpha value is -2.69. The molecular formula is C15H15N3O2. The molecule has 5 heteroatoms. The molecule has 0 saturated heterocycles. The second-order valence-corrected chi connectivity index (χ2v) is 4.13. The molecule has 0 radical (unpaired) electrons. The first-order valence-corrected chi connectivity index (χ1v) is 6.28. The van der Waals surface area contributed by atoms with E-state index in [0.29, 0.717) is 5.69 Å². The molecule has 2 aromatic rings. The Morgan fingerprint density at radius 3 is 1.95 bits per heavy atom. The van der Waals surface area contributed by atoms with Crippen molar-refractivity contribution >= 4 is 23.0 Å². The lowest BCUT2D eigenvalue weighted by molar-refractivity contribution is 0.0697. The number of hydrogen-bond donors (Lipinski definition) is 2. The van der Waals surface area contributed by atoms with E-state index in [2.05, 4.69) is 15.5 Å². The average Bonchev–Trinajstić information content (AvgIpc) is 2.47. The molecule has 2 aromatic carbocycles. The normalized spacial score (nSPS) is 10.7. The highest BCUT2D eigenvalue weighted by Gasteiger charge is 2.00. The minimum absolute atomic E-state index is 0.235. The number of anilines is 1. The second-order valence-electron chi connectivity index (χ2n) is 4.13. The zero-order valence-corrected chi connectivity index (χ0v) is 11.1. The highest BCUT2D eigenvalue weighted by molar-refractivity contribution is 5.87. The van der Waals surface area contributed by atoms with Crippen LogP contribution in [0.4, 0.5) is 17.1 Å². The van der Waals surface area contributed by atoms with Crippen molar-refractivity contribution in [2.24, 2.45) is 10.2 Å². The van der Waals surface area contributed by atoms with Crippen molar-refractivity contribution < 1.29 is 9.90 Å². The lowest BCUT2D eigenvalue weighted by atomic mass is 10.2. The van der Waals surface area contributed by atoms with E-state index in [4.69, 9.17) is 5.11 Å². The summed E-state index contributed by atoms with van der Waals surface area (Å²) in [6, 6.07) is 13.9. The molecule has 0 aromatic heterocycles. The number of carboxylic acid groups (broad SMARTS) is 1. The van der Waals surface area contributed by atoms with E-state index in [9.17, 15) is 4.79 Å². The van der Waals surface area contributed by atoms with Crippen molar-refractivity contribution in [2.45, 2.75) is 6.92 Å². The van der Waals surface area contributed by atoms with Crippen LogP contribution in [0, 0.1) is 0 Å². The van der Waals surface area contributed by atoms with Crippen molar-refractivity contribution in [1.82, 2.24) is 0 Å². The molecule has 0 bridgehead atoms. The Morgan fingerprint density at radius 2 is 1.50 bits per heavy atom. The van der Waals surface area contributed by atoms with Crippen LogP contribution in [0.2, 0.25) is 0 Å². The Bertz CT molecular complexity index is 604. The quantitative estimate of drug-likeness (QED) is 0.797. The molecule has 0 saturated carbocycles. The topological polar surface area (TPSA) is 74.0 Å². The Balaban J connectivity index is 2.06. The molecule has 2 rings (SSSR count). The fraction of sp³-hybridized carbons (Fsp3) is 0.133. The lowest BCUT2D eigenvalue weighted by Crippen LogP contribution is -1.94. The van der Waals surface area contributed by atoms with E-state index >= 15 is 0 Å². The standard InChI is InChI=1S/C15H15N3O2/c1-2-16-12-7-9-14(10-8-12)18-17-13-5-3-11(4-6-13)15(19)20/h3-10,16H,2H2,1H3,(H,19,20)/b18-17+. The molecule has 0 atom stereocenters. The zero-order valence-electron chi connectivity index (χ0n) is 11.1. The van der Waals surface area contributed by atoms with Gasteiger partial charge in [0.25, 0.3) is 0 Å². The summed E-state index contributed by atoms with van der Waals surface area (Å²) in [5.74, 6) is -0.951. The highest BCUT2D eigenvalue weighted by atomic mass is 16.4. The summed E-state index contributed by atoms with van der Waals surface area (Å²) in [5, 5.41) is 20.2. The Morgan fingerprint density at radius 1 is 1.00 bits per heavy atom. The third kappa shape index (κ3) is 3.65. The second kappa shape index (κ2) is 6.47. The molecular weight excluding hydrogens is 254 g/mol. The van der Waals surface area contributed by atoms with Gasteiger partial charge in [-0.3, -0.25) is 0 Å². The van der Waals surface area contributed by atoms with Gasteiger partial charge in [0.1, 0.15) is 0 Å². The summed E-state index contributed by atoms with van der Waals surface area (Å²) in [6.07, 6.45) is 0. The van der Waals surface area contributed by atoms with Crippen LogP contribution in [0.1, 0.15) is 17.3 Å². The molecule has 102 valence electrons.